The van der Waals surface area contributed by atoms with E-state index in [1.54, 1.807) is 6.20 Å². The van der Waals surface area contributed by atoms with Crippen LogP contribution in [-0.4, -0.2) is 26.2 Å². The van der Waals surface area contributed by atoms with E-state index in [0.29, 0.717) is 30.7 Å². The fourth-order valence-electron chi connectivity index (χ4n) is 4.47. The zero-order chi connectivity index (χ0) is 22.9. The van der Waals surface area contributed by atoms with E-state index in [9.17, 15) is 15.0 Å². The van der Waals surface area contributed by atoms with Crippen LogP contribution in [0.3, 0.4) is 0 Å². The van der Waals surface area contributed by atoms with Gasteiger partial charge in [-0.3, -0.25) is 4.79 Å². The van der Waals surface area contributed by atoms with Crippen LogP contribution >= 0.6 is 11.3 Å². The number of aromatic nitrogens is 2. The second kappa shape index (κ2) is 9.00. The van der Waals surface area contributed by atoms with Crippen LogP contribution in [0.25, 0.3) is 10.4 Å². The molecule has 6 nitrogen and oxygen atoms in total. The molecule has 1 aromatic carbocycles. The van der Waals surface area contributed by atoms with Gasteiger partial charge in [0.05, 0.1) is 10.8 Å². The number of hydrogen-bond acceptors (Lipinski definition) is 6. The number of rotatable bonds is 6. The number of benzene rings is 1. The Morgan fingerprint density at radius 2 is 1.84 bits per heavy atom. The van der Waals surface area contributed by atoms with E-state index in [2.05, 4.69) is 40.4 Å². The number of nitrogens with one attached hydrogen (secondary N) is 1. The van der Waals surface area contributed by atoms with Crippen molar-refractivity contribution in [2.75, 3.05) is 5.32 Å². The second-order valence-electron chi connectivity index (χ2n) is 9.00. The van der Waals surface area contributed by atoms with Crippen LogP contribution in [-0.2, 0) is 10.4 Å². The number of carboxylic acid groups (broad SMARTS) is 1. The Kier molecular flexibility index (Phi) is 6.31. The third kappa shape index (κ3) is 4.84. The molecule has 4 rings (SSSR count). The number of thiazole rings is 1. The maximum Gasteiger partial charge on any atom is 0.306 e. The normalized spacial score (nSPS) is 20.5. The zero-order valence-corrected chi connectivity index (χ0v) is 19.4. The molecule has 32 heavy (non-hydrogen) atoms. The molecule has 0 aliphatic heterocycles. The fraction of sp³-hybridized carbons (Fsp3) is 0.400. The molecule has 3 N–H and O–H groups in total. The molecule has 0 amide bonds. The maximum atomic E-state index is 11.3. The number of aliphatic carboxylic acids is 1. The van der Waals surface area contributed by atoms with Crippen molar-refractivity contribution in [2.24, 2.45) is 11.8 Å². The van der Waals surface area contributed by atoms with Crippen LogP contribution in [0.5, 0.6) is 0 Å². The van der Waals surface area contributed by atoms with Crippen molar-refractivity contribution in [2.45, 2.75) is 52.1 Å². The van der Waals surface area contributed by atoms with Crippen molar-refractivity contribution in [1.29, 1.82) is 0 Å². The van der Waals surface area contributed by atoms with Gasteiger partial charge in [-0.05, 0) is 93.3 Å². The average molecular weight is 452 g/mol. The first kappa shape index (κ1) is 22.4. The highest BCUT2D eigenvalue weighted by Gasteiger charge is 2.40. The Morgan fingerprint density at radius 1 is 1.09 bits per heavy atom. The molecule has 2 aromatic heterocycles. The summed E-state index contributed by atoms with van der Waals surface area (Å²) in [6.45, 7) is 5.90. The smallest absolute Gasteiger partial charge is 0.306 e. The second-order valence-corrected chi connectivity index (χ2v) is 10.0. The lowest BCUT2D eigenvalue weighted by Gasteiger charge is -2.35. The Hall–Kier alpha value is -2.77. The number of carboxylic acids is 1. The van der Waals surface area contributed by atoms with Gasteiger partial charge in [0.25, 0.3) is 0 Å². The summed E-state index contributed by atoms with van der Waals surface area (Å²) in [4.78, 5) is 21.2. The molecule has 1 atom stereocenters. The number of hydrogen-bond donors (Lipinski definition) is 3. The van der Waals surface area contributed by atoms with Crippen molar-refractivity contribution >= 4 is 28.8 Å². The van der Waals surface area contributed by atoms with Crippen molar-refractivity contribution in [1.82, 2.24) is 9.97 Å². The van der Waals surface area contributed by atoms with Crippen LogP contribution in [0.1, 0.15) is 48.7 Å². The predicted molar refractivity (Wildman–Crippen MR) is 127 cm³/mol. The molecule has 0 spiro atoms. The minimum atomic E-state index is -1.07. The van der Waals surface area contributed by atoms with Crippen molar-refractivity contribution in [3.05, 3.63) is 58.9 Å². The molecule has 1 saturated carbocycles. The fourth-order valence-corrected chi connectivity index (χ4v) is 5.50. The van der Waals surface area contributed by atoms with E-state index < -0.39 is 11.6 Å². The van der Waals surface area contributed by atoms with Gasteiger partial charge in [-0.15, -0.1) is 11.3 Å². The quantitative estimate of drug-likeness (QED) is 0.447. The minimum absolute atomic E-state index is 0.0132. The number of aliphatic hydroxyl groups is 1. The van der Waals surface area contributed by atoms with Gasteiger partial charge in [0.1, 0.15) is 16.4 Å². The molecule has 168 valence electrons. The van der Waals surface area contributed by atoms with Gasteiger partial charge in [0, 0.05) is 18.1 Å². The van der Waals surface area contributed by atoms with Gasteiger partial charge in [0.2, 0.25) is 0 Å². The summed E-state index contributed by atoms with van der Waals surface area (Å²) in [5.41, 5.74) is 3.18. The number of anilines is 2. The summed E-state index contributed by atoms with van der Waals surface area (Å²) in [6, 6.07) is 10.2. The Bertz CT molecular complexity index is 1120. The van der Waals surface area contributed by atoms with Crippen LogP contribution in [0.15, 0.2) is 42.7 Å². The summed E-state index contributed by atoms with van der Waals surface area (Å²) in [5.74, 6) is -0.218. The first-order valence-electron chi connectivity index (χ1n) is 11.0. The largest absolute Gasteiger partial charge is 0.481 e. The SMILES string of the molecule is Cc1cc(Nc2cc(C)ccn2)cc(-c2cnc([C@](C)(O)[C@H]3CC[C@H](C(=O)O)CC3)s2)c1. The van der Waals surface area contributed by atoms with Crippen LogP contribution in [0.2, 0.25) is 0 Å². The number of aryl methyl sites for hydroxylation is 2. The predicted octanol–water partition coefficient (Wildman–Crippen LogP) is 5.66. The number of nitrogens with zero attached hydrogens (tertiary/aromatic N) is 2. The molecular formula is C25H29N3O3S. The van der Waals surface area contributed by atoms with Crippen molar-refractivity contribution in [3.8, 4) is 10.4 Å². The van der Waals surface area contributed by atoms with E-state index >= 15 is 0 Å². The van der Waals surface area contributed by atoms with Crippen LogP contribution in [0.4, 0.5) is 11.5 Å². The molecule has 3 aromatic rings. The first-order valence-corrected chi connectivity index (χ1v) is 11.8. The Balaban J connectivity index is 1.54. The topological polar surface area (TPSA) is 95.3 Å². The first-order chi connectivity index (χ1) is 15.2. The van der Waals surface area contributed by atoms with Gasteiger partial charge in [0.15, 0.2) is 0 Å². The average Bonchev–Trinajstić information content (AvgIpc) is 3.25. The van der Waals surface area contributed by atoms with Crippen LogP contribution < -0.4 is 5.32 Å². The summed E-state index contributed by atoms with van der Waals surface area (Å²) in [7, 11) is 0. The van der Waals surface area contributed by atoms with E-state index in [0.717, 1.165) is 33.1 Å². The highest BCUT2D eigenvalue weighted by Crippen LogP contribution is 2.43. The molecule has 0 unspecified atom stereocenters. The van der Waals surface area contributed by atoms with E-state index in [1.165, 1.54) is 11.3 Å². The molecule has 7 heteroatoms. The monoisotopic (exact) mass is 451 g/mol. The molecule has 0 saturated heterocycles. The highest BCUT2D eigenvalue weighted by molar-refractivity contribution is 7.15. The lowest BCUT2D eigenvalue weighted by Crippen LogP contribution is -2.35. The maximum absolute atomic E-state index is 11.3. The Morgan fingerprint density at radius 3 is 2.53 bits per heavy atom. The summed E-state index contributed by atoms with van der Waals surface area (Å²) < 4.78 is 0. The third-order valence-electron chi connectivity index (χ3n) is 6.36. The standard InChI is InChI=1S/C25H29N3O3S/c1-15-8-9-26-22(12-15)28-20-11-16(2)10-18(13-20)21-14-27-24(32-21)25(3,31)19-6-4-17(5-7-19)23(29)30/h8-14,17,19,31H,4-7H2,1-3H3,(H,26,28)(H,29,30)/t17-,19-,25-/m1/s1. The Labute approximate surface area is 192 Å². The molecule has 0 radical (unpaired) electrons. The van der Waals surface area contributed by atoms with Crippen molar-refractivity contribution < 1.29 is 15.0 Å². The van der Waals surface area contributed by atoms with Gasteiger partial charge in [-0.25, -0.2) is 9.97 Å². The summed E-state index contributed by atoms with van der Waals surface area (Å²) >= 11 is 1.50. The molecule has 1 aliphatic rings. The summed E-state index contributed by atoms with van der Waals surface area (Å²) in [5, 5.41) is 24.6. The molecule has 1 fully saturated rings. The van der Waals surface area contributed by atoms with E-state index in [-0.39, 0.29) is 11.8 Å². The lowest BCUT2D eigenvalue weighted by atomic mass is 9.74. The van der Waals surface area contributed by atoms with Crippen molar-refractivity contribution in [3.63, 3.8) is 0 Å². The van der Waals surface area contributed by atoms with Gasteiger partial charge in [-0.2, -0.15) is 0 Å². The molecular weight excluding hydrogens is 422 g/mol. The van der Waals surface area contributed by atoms with E-state index in [1.807, 2.05) is 32.2 Å². The zero-order valence-electron chi connectivity index (χ0n) is 18.6. The molecule has 0 bridgehead atoms. The van der Waals surface area contributed by atoms with Crippen LogP contribution in [0, 0.1) is 25.7 Å². The third-order valence-corrected chi connectivity index (χ3v) is 7.63. The van der Waals surface area contributed by atoms with Gasteiger partial charge < -0.3 is 15.5 Å². The van der Waals surface area contributed by atoms with Gasteiger partial charge >= 0.3 is 5.97 Å². The minimum Gasteiger partial charge on any atom is -0.481 e. The number of pyridine rings is 1. The highest BCUT2D eigenvalue weighted by atomic mass is 32.1. The van der Waals surface area contributed by atoms with Gasteiger partial charge in [-0.1, -0.05) is 6.07 Å². The lowest BCUT2D eigenvalue weighted by molar-refractivity contribution is -0.144. The summed E-state index contributed by atoms with van der Waals surface area (Å²) in [6.07, 6.45) is 6.21. The molecule has 1 aliphatic carbocycles. The number of carbonyl (C=O) groups is 1. The van der Waals surface area contributed by atoms with E-state index in [4.69, 9.17) is 0 Å². The molecule has 2 heterocycles.